The molecule has 0 radical (unpaired) electrons. The van der Waals surface area contributed by atoms with Gasteiger partial charge in [-0.2, -0.15) is 0 Å². The van der Waals surface area contributed by atoms with Gasteiger partial charge in [-0.1, -0.05) is 79.3 Å². The number of amides is 2. The molecule has 0 saturated carbocycles. The smallest absolute Gasteiger partial charge is 0.263 e. The molecule has 1 aliphatic rings. The number of ketones is 1. The van der Waals surface area contributed by atoms with E-state index in [1.807, 2.05) is 4.90 Å². The third kappa shape index (κ3) is 13.9. The van der Waals surface area contributed by atoms with E-state index >= 15 is 0 Å². The standard InChI is InChI=1S/C41H51ClN2O4/c1-4-5-6-7-8-9-10-11-12-13-14-15-16-17-18-19-20-21-38(45)44-31-30-36(32-44)43-40(47)41(2,3)48-37-28-24-34(25-29-37)39(46)33-22-26-35(42)27-23-33/h5-6,8-9,11-12,14-15,17-18,22-29,36H,4,7,10,13,16,19-21,30-32H2,1-3H3,(H,43,47)/t36-/m1/s1. The highest BCUT2D eigenvalue weighted by molar-refractivity contribution is 6.30. The van der Waals surface area contributed by atoms with Crippen LogP contribution in [-0.2, 0) is 9.59 Å². The number of rotatable bonds is 19. The van der Waals surface area contributed by atoms with E-state index in [9.17, 15) is 14.4 Å². The van der Waals surface area contributed by atoms with Gasteiger partial charge in [0, 0.05) is 41.7 Å². The second-order valence-corrected chi connectivity index (χ2v) is 12.8. The Morgan fingerprint density at radius 1 is 0.812 bits per heavy atom. The molecule has 0 aliphatic carbocycles. The van der Waals surface area contributed by atoms with Crippen molar-refractivity contribution in [3.05, 3.63) is 125 Å². The lowest BCUT2D eigenvalue weighted by Gasteiger charge is -2.27. The number of hydrogen-bond donors (Lipinski definition) is 1. The van der Waals surface area contributed by atoms with Crippen molar-refractivity contribution in [2.75, 3.05) is 13.1 Å². The minimum absolute atomic E-state index is 0.116. The third-order valence-corrected chi connectivity index (χ3v) is 8.19. The fourth-order valence-electron chi connectivity index (χ4n) is 5.14. The SMILES string of the molecule is CCC=CCC=CCC=CCC=CCC=CCCCC(=O)N1CC[C@@H](NC(=O)C(C)(C)Oc2ccc(C(=O)c3ccc(Cl)cc3)cc2)C1. The van der Waals surface area contributed by atoms with Gasteiger partial charge in [-0.3, -0.25) is 14.4 Å². The van der Waals surface area contributed by atoms with Crippen molar-refractivity contribution < 1.29 is 19.1 Å². The number of ether oxygens (including phenoxy) is 1. The monoisotopic (exact) mass is 670 g/mol. The number of unbranched alkanes of at least 4 members (excludes halogenated alkanes) is 1. The molecule has 0 bridgehead atoms. The Hall–Kier alpha value is -4.16. The van der Waals surface area contributed by atoms with Crippen LogP contribution in [0.3, 0.4) is 0 Å². The van der Waals surface area contributed by atoms with Gasteiger partial charge in [0.2, 0.25) is 5.91 Å². The maximum atomic E-state index is 13.1. The molecule has 2 aromatic carbocycles. The number of allylic oxidation sites excluding steroid dienone is 10. The summed E-state index contributed by atoms with van der Waals surface area (Å²) in [6.07, 6.45) is 29.6. The molecule has 1 saturated heterocycles. The van der Waals surface area contributed by atoms with Crippen molar-refractivity contribution >= 4 is 29.2 Å². The number of benzene rings is 2. The number of carbonyl (C=O) groups is 3. The van der Waals surface area contributed by atoms with E-state index in [0.29, 0.717) is 47.8 Å². The number of hydrogen-bond acceptors (Lipinski definition) is 4. The van der Waals surface area contributed by atoms with E-state index < -0.39 is 5.60 Å². The zero-order chi connectivity index (χ0) is 34.6. The third-order valence-electron chi connectivity index (χ3n) is 7.94. The lowest BCUT2D eigenvalue weighted by atomic mass is 10.0. The van der Waals surface area contributed by atoms with Gasteiger partial charge in [-0.05, 0) is 114 Å². The van der Waals surface area contributed by atoms with Crippen LogP contribution in [0.5, 0.6) is 5.75 Å². The van der Waals surface area contributed by atoms with Gasteiger partial charge in [-0.15, -0.1) is 0 Å². The molecule has 2 amide bonds. The molecule has 2 aromatic rings. The van der Waals surface area contributed by atoms with Crippen molar-refractivity contribution in [2.45, 2.75) is 90.2 Å². The fourth-order valence-corrected chi connectivity index (χ4v) is 5.27. The van der Waals surface area contributed by atoms with E-state index in [2.05, 4.69) is 73.0 Å². The molecule has 256 valence electrons. The Kier molecular flexibility index (Phi) is 16.7. The minimum atomic E-state index is -1.14. The Morgan fingerprint density at radius 2 is 1.33 bits per heavy atom. The lowest BCUT2D eigenvalue weighted by Crippen LogP contribution is -2.50. The Labute approximate surface area is 292 Å². The van der Waals surface area contributed by atoms with E-state index in [0.717, 1.165) is 44.9 Å². The summed E-state index contributed by atoms with van der Waals surface area (Å²) in [5, 5.41) is 3.63. The molecule has 1 aliphatic heterocycles. The zero-order valence-corrected chi connectivity index (χ0v) is 29.5. The maximum absolute atomic E-state index is 13.1. The second-order valence-electron chi connectivity index (χ2n) is 12.4. The summed E-state index contributed by atoms with van der Waals surface area (Å²) >= 11 is 5.93. The molecule has 1 N–H and O–H groups in total. The highest BCUT2D eigenvalue weighted by atomic mass is 35.5. The van der Waals surface area contributed by atoms with Crippen LogP contribution < -0.4 is 10.1 Å². The number of likely N-dealkylation sites (tertiary alicyclic amines) is 1. The molecule has 0 unspecified atom stereocenters. The zero-order valence-electron chi connectivity index (χ0n) is 28.7. The summed E-state index contributed by atoms with van der Waals surface area (Å²) in [6, 6.07) is 13.4. The van der Waals surface area contributed by atoms with Crippen LogP contribution in [0.4, 0.5) is 0 Å². The van der Waals surface area contributed by atoms with Crippen LogP contribution in [0.1, 0.15) is 94.5 Å². The van der Waals surface area contributed by atoms with Gasteiger partial charge in [0.1, 0.15) is 5.75 Å². The van der Waals surface area contributed by atoms with Crippen molar-refractivity contribution in [1.29, 1.82) is 0 Å². The predicted octanol–water partition coefficient (Wildman–Crippen LogP) is 9.37. The van der Waals surface area contributed by atoms with Gasteiger partial charge in [0.25, 0.3) is 5.91 Å². The summed E-state index contributed by atoms with van der Waals surface area (Å²) < 4.78 is 6.01. The van der Waals surface area contributed by atoms with Crippen LogP contribution >= 0.6 is 11.6 Å². The van der Waals surface area contributed by atoms with Crippen molar-refractivity contribution in [1.82, 2.24) is 10.2 Å². The van der Waals surface area contributed by atoms with Crippen LogP contribution in [-0.4, -0.2) is 47.2 Å². The minimum Gasteiger partial charge on any atom is -0.478 e. The summed E-state index contributed by atoms with van der Waals surface area (Å²) in [6.45, 7) is 6.70. The Balaban J connectivity index is 1.29. The molecular weight excluding hydrogens is 620 g/mol. The van der Waals surface area contributed by atoms with E-state index in [1.165, 1.54) is 0 Å². The molecule has 3 rings (SSSR count). The predicted molar refractivity (Wildman–Crippen MR) is 197 cm³/mol. The summed E-state index contributed by atoms with van der Waals surface area (Å²) in [7, 11) is 0. The van der Waals surface area contributed by atoms with Gasteiger partial charge in [-0.25, -0.2) is 0 Å². The molecule has 1 atom stereocenters. The normalized spacial score (nSPS) is 15.5. The molecule has 0 aromatic heterocycles. The number of carbonyl (C=O) groups excluding carboxylic acids is 3. The van der Waals surface area contributed by atoms with Crippen LogP contribution in [0, 0.1) is 0 Å². The van der Waals surface area contributed by atoms with Crippen LogP contribution in [0.25, 0.3) is 0 Å². The topological polar surface area (TPSA) is 75.7 Å². The lowest BCUT2D eigenvalue weighted by molar-refractivity contribution is -0.135. The molecule has 48 heavy (non-hydrogen) atoms. The highest BCUT2D eigenvalue weighted by Crippen LogP contribution is 2.22. The van der Waals surface area contributed by atoms with E-state index in [-0.39, 0.29) is 23.6 Å². The fraction of sp³-hybridized carbons (Fsp3) is 0.390. The van der Waals surface area contributed by atoms with E-state index in [1.54, 1.807) is 62.4 Å². The molecule has 1 heterocycles. The molecular formula is C41H51ClN2O4. The van der Waals surface area contributed by atoms with Crippen molar-refractivity contribution in [3.8, 4) is 5.75 Å². The van der Waals surface area contributed by atoms with Crippen LogP contribution in [0.2, 0.25) is 5.02 Å². The maximum Gasteiger partial charge on any atom is 0.263 e. The number of nitrogens with one attached hydrogen (secondary N) is 1. The van der Waals surface area contributed by atoms with Crippen LogP contribution in [0.15, 0.2) is 109 Å². The van der Waals surface area contributed by atoms with Gasteiger partial charge < -0.3 is 15.0 Å². The average Bonchev–Trinajstić information content (AvgIpc) is 3.55. The summed E-state index contributed by atoms with van der Waals surface area (Å²) in [5.74, 6) is 0.243. The van der Waals surface area contributed by atoms with Crippen molar-refractivity contribution in [2.24, 2.45) is 0 Å². The first-order chi connectivity index (χ1) is 23.2. The first kappa shape index (κ1) is 38.3. The van der Waals surface area contributed by atoms with Gasteiger partial charge in [0.15, 0.2) is 11.4 Å². The first-order valence-electron chi connectivity index (χ1n) is 17.1. The first-order valence-corrected chi connectivity index (χ1v) is 17.5. The quantitative estimate of drug-likeness (QED) is 0.0918. The Morgan fingerprint density at radius 3 is 1.90 bits per heavy atom. The molecule has 0 spiro atoms. The summed E-state index contributed by atoms with van der Waals surface area (Å²) in [5.41, 5.74) is -0.0805. The Bertz CT molecular complexity index is 1450. The van der Waals surface area contributed by atoms with E-state index in [4.69, 9.17) is 16.3 Å². The summed E-state index contributed by atoms with van der Waals surface area (Å²) in [4.78, 5) is 40.5. The highest BCUT2D eigenvalue weighted by Gasteiger charge is 2.34. The van der Waals surface area contributed by atoms with Gasteiger partial charge in [0.05, 0.1) is 0 Å². The van der Waals surface area contributed by atoms with Crippen molar-refractivity contribution in [3.63, 3.8) is 0 Å². The molecule has 7 heteroatoms. The number of halogens is 1. The average molecular weight is 671 g/mol. The second kappa shape index (κ2) is 20.9. The van der Waals surface area contributed by atoms with Gasteiger partial charge >= 0.3 is 0 Å². The molecule has 6 nitrogen and oxygen atoms in total. The number of nitrogens with zero attached hydrogens (tertiary/aromatic N) is 1. The largest absolute Gasteiger partial charge is 0.478 e. The molecule has 1 fully saturated rings.